The summed E-state index contributed by atoms with van der Waals surface area (Å²) in [5, 5.41) is 0. The van der Waals surface area contributed by atoms with E-state index in [1.807, 2.05) is 6.08 Å². The predicted octanol–water partition coefficient (Wildman–Crippen LogP) is 8.61. The van der Waals surface area contributed by atoms with E-state index >= 15 is 0 Å². The molecule has 36 heavy (non-hydrogen) atoms. The summed E-state index contributed by atoms with van der Waals surface area (Å²) in [5.41, 5.74) is 12.4. The van der Waals surface area contributed by atoms with Gasteiger partial charge in [0.2, 0.25) is 0 Å². The summed E-state index contributed by atoms with van der Waals surface area (Å²) in [6, 6.07) is 11.0. The van der Waals surface area contributed by atoms with Crippen LogP contribution in [0, 0.1) is 20.8 Å². The van der Waals surface area contributed by atoms with Gasteiger partial charge in [-0.2, -0.15) is 0 Å². The van der Waals surface area contributed by atoms with Crippen molar-refractivity contribution < 1.29 is 0 Å². The number of piperidine rings is 1. The molecular weight excluding hydrogens is 438 g/mol. The van der Waals surface area contributed by atoms with E-state index in [1.54, 1.807) is 0 Å². The minimum atomic E-state index is 1.06. The Hall–Kier alpha value is -2.91. The van der Waals surface area contributed by atoms with E-state index in [-0.39, 0.29) is 0 Å². The maximum absolute atomic E-state index is 5.08. The van der Waals surface area contributed by atoms with Crippen LogP contribution in [0.4, 0.5) is 0 Å². The second-order valence-corrected chi connectivity index (χ2v) is 10.2. The fraction of sp³-hybridized carbons (Fsp3) is 0.424. The molecular formula is C33H45N3. The first-order chi connectivity index (χ1) is 17.3. The Labute approximate surface area is 219 Å². The number of aliphatic imine (C=N–C) groups is 1. The van der Waals surface area contributed by atoms with Crippen LogP contribution in [0.5, 0.6) is 0 Å². The van der Waals surface area contributed by atoms with Gasteiger partial charge in [-0.05, 0) is 125 Å². The van der Waals surface area contributed by atoms with Gasteiger partial charge in [0, 0.05) is 17.9 Å². The lowest BCUT2D eigenvalue weighted by atomic mass is 9.91. The molecule has 3 nitrogen and oxygen atoms in total. The van der Waals surface area contributed by atoms with Crippen LogP contribution in [-0.4, -0.2) is 35.2 Å². The van der Waals surface area contributed by atoms with Gasteiger partial charge in [-0.15, -0.1) is 6.58 Å². The van der Waals surface area contributed by atoms with Crippen LogP contribution in [0.2, 0.25) is 0 Å². The number of aromatic nitrogens is 1. The van der Waals surface area contributed by atoms with Crippen LogP contribution in [0.1, 0.15) is 81.0 Å². The fourth-order valence-corrected chi connectivity index (χ4v) is 4.95. The van der Waals surface area contributed by atoms with Gasteiger partial charge < -0.3 is 9.88 Å². The largest absolute Gasteiger partial charge is 0.359 e. The van der Waals surface area contributed by atoms with E-state index in [2.05, 4.69) is 100 Å². The maximum Gasteiger partial charge on any atom is 0.0687 e. The highest BCUT2D eigenvalue weighted by molar-refractivity contribution is 6.15. The molecule has 1 N–H and O–H groups in total. The Morgan fingerprint density at radius 1 is 1.06 bits per heavy atom. The molecule has 0 atom stereocenters. The molecule has 1 saturated heterocycles. The second-order valence-electron chi connectivity index (χ2n) is 10.2. The summed E-state index contributed by atoms with van der Waals surface area (Å²) in [4.78, 5) is 11.2. The van der Waals surface area contributed by atoms with Crippen molar-refractivity contribution >= 4 is 17.4 Å². The SMILES string of the molecule is C=CCC.CC1=CC(C(/C)=C(\CCN2CCCCC2)c2ccccc2C)=N/C1=C\c1[nH]c(C)cc1C. The minimum absolute atomic E-state index is 1.06. The first-order valence-electron chi connectivity index (χ1n) is 13.6. The van der Waals surface area contributed by atoms with E-state index < -0.39 is 0 Å². The van der Waals surface area contributed by atoms with Gasteiger partial charge in [-0.25, -0.2) is 4.99 Å². The third kappa shape index (κ3) is 7.30. The Morgan fingerprint density at radius 2 is 1.75 bits per heavy atom. The molecule has 0 radical (unpaired) electrons. The van der Waals surface area contributed by atoms with Crippen molar-refractivity contribution in [1.29, 1.82) is 0 Å². The van der Waals surface area contributed by atoms with Gasteiger partial charge >= 0.3 is 0 Å². The lowest BCUT2D eigenvalue weighted by Crippen LogP contribution is -2.30. The predicted molar refractivity (Wildman–Crippen MR) is 159 cm³/mol. The minimum Gasteiger partial charge on any atom is -0.359 e. The highest BCUT2D eigenvalue weighted by atomic mass is 15.1. The van der Waals surface area contributed by atoms with Crippen molar-refractivity contribution in [2.75, 3.05) is 19.6 Å². The molecule has 0 aliphatic carbocycles. The topological polar surface area (TPSA) is 31.4 Å². The number of nitrogens with zero attached hydrogens (tertiary/aromatic N) is 2. The summed E-state index contributed by atoms with van der Waals surface area (Å²) in [7, 11) is 0. The quantitative estimate of drug-likeness (QED) is 0.393. The Morgan fingerprint density at radius 3 is 2.36 bits per heavy atom. The van der Waals surface area contributed by atoms with Gasteiger partial charge in [0.05, 0.1) is 11.4 Å². The van der Waals surface area contributed by atoms with Crippen molar-refractivity contribution in [2.45, 2.75) is 73.6 Å². The zero-order valence-corrected chi connectivity index (χ0v) is 23.4. The average molecular weight is 484 g/mol. The maximum atomic E-state index is 5.08. The molecule has 3 heterocycles. The Balaban J connectivity index is 0.000000840. The van der Waals surface area contributed by atoms with E-state index in [0.717, 1.165) is 36.5 Å². The third-order valence-corrected chi connectivity index (χ3v) is 7.19. The monoisotopic (exact) mass is 483 g/mol. The first-order valence-corrected chi connectivity index (χ1v) is 13.6. The van der Waals surface area contributed by atoms with E-state index in [1.165, 1.54) is 71.5 Å². The smallest absolute Gasteiger partial charge is 0.0687 e. The molecule has 2 aliphatic rings. The third-order valence-electron chi connectivity index (χ3n) is 7.19. The molecule has 1 fully saturated rings. The van der Waals surface area contributed by atoms with Gasteiger partial charge in [0.1, 0.15) is 0 Å². The van der Waals surface area contributed by atoms with Gasteiger partial charge in [0.15, 0.2) is 0 Å². The molecule has 1 aromatic carbocycles. The molecule has 0 saturated carbocycles. The normalized spacial score (nSPS) is 17.8. The van der Waals surface area contributed by atoms with Crippen LogP contribution in [0.25, 0.3) is 11.6 Å². The molecule has 0 spiro atoms. The number of hydrogen-bond donors (Lipinski definition) is 1. The molecule has 0 bridgehead atoms. The number of likely N-dealkylation sites (tertiary alicyclic amines) is 1. The Kier molecular flexibility index (Phi) is 10.3. The second kappa shape index (κ2) is 13.4. The van der Waals surface area contributed by atoms with E-state index in [9.17, 15) is 0 Å². The number of rotatable bonds is 7. The summed E-state index contributed by atoms with van der Waals surface area (Å²) >= 11 is 0. The van der Waals surface area contributed by atoms with Crippen LogP contribution < -0.4 is 0 Å². The van der Waals surface area contributed by atoms with Crippen LogP contribution in [0.3, 0.4) is 0 Å². The average Bonchev–Trinajstić information content (AvgIpc) is 3.41. The molecule has 4 rings (SSSR count). The molecule has 2 aliphatic heterocycles. The molecule has 0 unspecified atom stereocenters. The van der Waals surface area contributed by atoms with Crippen molar-refractivity contribution in [3.8, 4) is 0 Å². The Bertz CT molecular complexity index is 1160. The number of aromatic amines is 1. The van der Waals surface area contributed by atoms with Crippen LogP contribution in [0.15, 0.2) is 70.9 Å². The summed E-state index contributed by atoms with van der Waals surface area (Å²) in [5.74, 6) is 0. The zero-order chi connectivity index (χ0) is 26.1. The molecule has 1 aromatic heterocycles. The van der Waals surface area contributed by atoms with Gasteiger partial charge in [-0.3, -0.25) is 0 Å². The summed E-state index contributed by atoms with van der Waals surface area (Å²) in [6.45, 7) is 20.0. The standard InChI is InChI=1S/C29H37N3.C4H8/c1-20-11-7-8-12-25(20)26(13-16-32-14-9-6-10-15-32)24(5)29-18-22(3)28(31-29)19-27-21(2)17-23(4)30-27;1-3-4-2/h7-8,11-12,17-19,30H,6,9-10,13-16H2,1-5H3;3H,1,4H2,2H3/b26-24+,28-19-;. The van der Waals surface area contributed by atoms with Crippen molar-refractivity contribution in [2.24, 2.45) is 4.99 Å². The van der Waals surface area contributed by atoms with E-state index in [4.69, 9.17) is 4.99 Å². The molecule has 192 valence electrons. The highest BCUT2D eigenvalue weighted by Gasteiger charge is 2.19. The lowest BCUT2D eigenvalue weighted by Gasteiger charge is -2.27. The van der Waals surface area contributed by atoms with Crippen molar-refractivity contribution in [1.82, 2.24) is 9.88 Å². The highest BCUT2D eigenvalue weighted by Crippen LogP contribution is 2.31. The van der Waals surface area contributed by atoms with E-state index in [0.29, 0.717) is 0 Å². The number of allylic oxidation sites excluding steroid dienone is 4. The summed E-state index contributed by atoms with van der Waals surface area (Å²) in [6.07, 6.45) is 12.5. The van der Waals surface area contributed by atoms with Gasteiger partial charge in [0.25, 0.3) is 0 Å². The number of H-pyrrole nitrogens is 1. The summed E-state index contributed by atoms with van der Waals surface area (Å²) < 4.78 is 0. The number of aryl methyl sites for hydroxylation is 3. The molecule has 2 aromatic rings. The molecule has 0 amide bonds. The zero-order valence-electron chi connectivity index (χ0n) is 23.4. The lowest BCUT2D eigenvalue weighted by molar-refractivity contribution is 0.234. The fourth-order valence-electron chi connectivity index (χ4n) is 4.95. The van der Waals surface area contributed by atoms with Crippen LogP contribution >= 0.6 is 0 Å². The number of nitrogens with one attached hydrogen (secondary N) is 1. The van der Waals surface area contributed by atoms with Crippen molar-refractivity contribution in [3.63, 3.8) is 0 Å². The number of hydrogen-bond acceptors (Lipinski definition) is 2. The van der Waals surface area contributed by atoms with Crippen LogP contribution in [-0.2, 0) is 0 Å². The first kappa shape index (κ1) is 27.7. The number of benzene rings is 1. The van der Waals surface area contributed by atoms with Crippen molar-refractivity contribution in [3.05, 3.63) is 94.0 Å². The van der Waals surface area contributed by atoms with Gasteiger partial charge in [-0.1, -0.05) is 43.7 Å². The molecule has 3 heteroatoms.